The highest BCUT2D eigenvalue weighted by atomic mass is 19.1. The van der Waals surface area contributed by atoms with Gasteiger partial charge in [-0.1, -0.05) is 25.0 Å². The van der Waals surface area contributed by atoms with E-state index in [4.69, 9.17) is 17.2 Å². The zero-order valence-electron chi connectivity index (χ0n) is 13.3. The van der Waals surface area contributed by atoms with E-state index in [-0.39, 0.29) is 11.4 Å². The van der Waals surface area contributed by atoms with Crippen LogP contribution in [0.3, 0.4) is 0 Å². The summed E-state index contributed by atoms with van der Waals surface area (Å²) >= 11 is 0. The number of anilines is 1. The normalized spacial score (nSPS) is 16.6. The van der Waals surface area contributed by atoms with Crippen LogP contribution in [0.1, 0.15) is 47.3 Å². The summed E-state index contributed by atoms with van der Waals surface area (Å²) in [5, 5.41) is 0. The van der Waals surface area contributed by atoms with Crippen molar-refractivity contribution < 1.29 is 9.18 Å². The summed E-state index contributed by atoms with van der Waals surface area (Å²) in [7, 11) is 0. The topological polar surface area (TPSA) is 108 Å². The van der Waals surface area contributed by atoms with Crippen LogP contribution in [-0.4, -0.2) is 10.9 Å². The second-order valence-electron chi connectivity index (χ2n) is 6.49. The summed E-state index contributed by atoms with van der Waals surface area (Å²) in [6, 6.07) is 7.86. The predicted molar refractivity (Wildman–Crippen MR) is 90.5 cm³/mol. The van der Waals surface area contributed by atoms with Gasteiger partial charge in [0.05, 0.1) is 11.2 Å². The van der Waals surface area contributed by atoms with Crippen molar-refractivity contribution >= 4 is 11.6 Å². The molecule has 1 aromatic carbocycles. The van der Waals surface area contributed by atoms with Crippen molar-refractivity contribution in [1.29, 1.82) is 0 Å². The average Bonchev–Trinajstić information content (AvgIpc) is 3.39. The van der Waals surface area contributed by atoms with Crippen LogP contribution in [0.25, 0.3) is 0 Å². The summed E-state index contributed by atoms with van der Waals surface area (Å²) in [4.78, 5) is 15.3. The van der Waals surface area contributed by atoms with Crippen LogP contribution in [0.2, 0.25) is 0 Å². The van der Waals surface area contributed by atoms with Gasteiger partial charge in [0, 0.05) is 6.20 Å². The molecule has 6 N–H and O–H groups in total. The van der Waals surface area contributed by atoms with Gasteiger partial charge in [-0.3, -0.25) is 9.78 Å². The van der Waals surface area contributed by atoms with Crippen molar-refractivity contribution in [3.63, 3.8) is 0 Å². The first-order chi connectivity index (χ1) is 11.4. The minimum absolute atomic E-state index is 0.0652. The third-order valence-corrected chi connectivity index (χ3v) is 4.69. The standard InChI is InChI=1S/C18H21FN4O/c19-14-5-3-12(9-15(14)20)18(22,8-7-11-1-2-11)13-4-6-16(17(21)24)23-10-13/h3-6,9-11H,1-2,7-8,20,22H2,(H2,21,24). The highest BCUT2D eigenvalue weighted by molar-refractivity contribution is 5.90. The molecule has 0 aliphatic heterocycles. The Morgan fingerprint density at radius 1 is 1.25 bits per heavy atom. The fourth-order valence-corrected chi connectivity index (χ4v) is 2.92. The van der Waals surface area contributed by atoms with Gasteiger partial charge in [-0.15, -0.1) is 0 Å². The molecule has 2 aromatic rings. The Morgan fingerprint density at radius 2 is 1.96 bits per heavy atom. The number of rotatable bonds is 6. The Bertz CT molecular complexity index is 758. The Labute approximate surface area is 140 Å². The van der Waals surface area contributed by atoms with E-state index in [2.05, 4.69) is 4.98 Å². The number of hydrogen-bond acceptors (Lipinski definition) is 4. The van der Waals surface area contributed by atoms with Gasteiger partial charge in [0.25, 0.3) is 5.91 Å². The molecule has 1 saturated carbocycles. The summed E-state index contributed by atoms with van der Waals surface area (Å²) < 4.78 is 13.5. The molecule has 24 heavy (non-hydrogen) atoms. The highest BCUT2D eigenvalue weighted by Crippen LogP contribution is 2.40. The zero-order valence-corrected chi connectivity index (χ0v) is 13.3. The van der Waals surface area contributed by atoms with Crippen LogP contribution in [-0.2, 0) is 5.54 Å². The average molecular weight is 328 g/mol. The molecule has 1 fully saturated rings. The van der Waals surface area contributed by atoms with E-state index < -0.39 is 17.3 Å². The second-order valence-corrected chi connectivity index (χ2v) is 6.49. The summed E-state index contributed by atoms with van der Waals surface area (Å²) in [6.07, 6.45) is 5.68. The minimum atomic E-state index is -0.840. The number of nitrogen functional groups attached to an aromatic ring is 1. The Kier molecular flexibility index (Phi) is 4.24. The second kappa shape index (κ2) is 6.20. The number of benzene rings is 1. The summed E-state index contributed by atoms with van der Waals surface area (Å²) in [6.45, 7) is 0. The van der Waals surface area contributed by atoms with Crippen LogP contribution < -0.4 is 17.2 Å². The molecule has 1 amide bonds. The number of carbonyl (C=O) groups excluding carboxylic acids is 1. The van der Waals surface area contributed by atoms with Crippen LogP contribution in [0, 0.1) is 11.7 Å². The predicted octanol–water partition coefficient (Wildman–Crippen LogP) is 2.29. The fraction of sp³-hybridized carbons (Fsp3) is 0.333. The van der Waals surface area contributed by atoms with Crippen molar-refractivity contribution in [2.75, 3.05) is 5.73 Å². The molecule has 1 atom stereocenters. The molecule has 6 heteroatoms. The smallest absolute Gasteiger partial charge is 0.267 e. The number of halogens is 1. The molecular formula is C18H21FN4O. The maximum absolute atomic E-state index is 13.5. The van der Waals surface area contributed by atoms with Gasteiger partial charge in [-0.05, 0) is 48.1 Å². The first-order valence-electron chi connectivity index (χ1n) is 8.01. The third-order valence-electron chi connectivity index (χ3n) is 4.69. The van der Waals surface area contributed by atoms with E-state index in [1.807, 2.05) is 0 Å². The molecule has 3 rings (SSSR count). The van der Waals surface area contributed by atoms with Crippen molar-refractivity contribution in [3.05, 3.63) is 59.2 Å². The third kappa shape index (κ3) is 3.23. The van der Waals surface area contributed by atoms with E-state index in [1.165, 1.54) is 18.9 Å². The largest absolute Gasteiger partial charge is 0.396 e. The van der Waals surface area contributed by atoms with Crippen LogP contribution in [0.15, 0.2) is 36.5 Å². The lowest BCUT2D eigenvalue weighted by Gasteiger charge is -2.31. The van der Waals surface area contributed by atoms with Crippen molar-refractivity contribution in [2.45, 2.75) is 31.2 Å². The zero-order chi connectivity index (χ0) is 17.3. The SMILES string of the molecule is NC(=O)c1ccc(C(N)(CCC2CC2)c2ccc(F)c(N)c2)cn1. The number of aromatic nitrogens is 1. The van der Waals surface area contributed by atoms with Gasteiger partial charge < -0.3 is 17.2 Å². The van der Waals surface area contributed by atoms with E-state index in [0.717, 1.165) is 17.5 Å². The Morgan fingerprint density at radius 3 is 2.50 bits per heavy atom. The molecule has 5 nitrogen and oxygen atoms in total. The molecular weight excluding hydrogens is 307 g/mol. The van der Waals surface area contributed by atoms with Crippen LogP contribution in [0.5, 0.6) is 0 Å². The lowest BCUT2D eigenvalue weighted by molar-refractivity contribution is 0.0995. The van der Waals surface area contributed by atoms with Gasteiger partial charge in [0.15, 0.2) is 0 Å². The molecule has 0 radical (unpaired) electrons. The number of pyridine rings is 1. The molecule has 1 aliphatic carbocycles. The Hall–Kier alpha value is -2.47. The lowest BCUT2D eigenvalue weighted by atomic mass is 9.80. The number of hydrogen-bond donors (Lipinski definition) is 3. The van der Waals surface area contributed by atoms with Gasteiger partial charge in [0.1, 0.15) is 11.5 Å². The molecule has 0 saturated heterocycles. The van der Waals surface area contributed by atoms with E-state index >= 15 is 0 Å². The van der Waals surface area contributed by atoms with E-state index in [0.29, 0.717) is 12.3 Å². The number of amides is 1. The molecule has 1 unspecified atom stereocenters. The number of primary amides is 1. The first kappa shape index (κ1) is 16.4. The van der Waals surface area contributed by atoms with Gasteiger partial charge >= 0.3 is 0 Å². The summed E-state index contributed by atoms with van der Waals surface area (Å²) in [5.41, 5.74) is 18.6. The fourth-order valence-electron chi connectivity index (χ4n) is 2.92. The monoisotopic (exact) mass is 328 g/mol. The molecule has 1 aliphatic rings. The maximum atomic E-state index is 13.5. The maximum Gasteiger partial charge on any atom is 0.267 e. The van der Waals surface area contributed by atoms with Crippen molar-refractivity contribution in [1.82, 2.24) is 4.98 Å². The van der Waals surface area contributed by atoms with E-state index in [9.17, 15) is 9.18 Å². The number of nitrogens with two attached hydrogens (primary N) is 3. The quantitative estimate of drug-likeness (QED) is 0.707. The lowest BCUT2D eigenvalue weighted by Crippen LogP contribution is -2.38. The van der Waals surface area contributed by atoms with Crippen molar-refractivity contribution in [3.8, 4) is 0 Å². The van der Waals surface area contributed by atoms with Crippen LogP contribution >= 0.6 is 0 Å². The van der Waals surface area contributed by atoms with Gasteiger partial charge in [-0.2, -0.15) is 0 Å². The minimum Gasteiger partial charge on any atom is -0.396 e. The molecule has 126 valence electrons. The summed E-state index contributed by atoms with van der Waals surface area (Å²) in [5.74, 6) is -0.359. The highest BCUT2D eigenvalue weighted by Gasteiger charge is 2.33. The van der Waals surface area contributed by atoms with Gasteiger partial charge in [0.2, 0.25) is 0 Å². The Balaban J connectivity index is 1.99. The molecule has 1 aromatic heterocycles. The first-order valence-corrected chi connectivity index (χ1v) is 8.01. The molecule has 1 heterocycles. The van der Waals surface area contributed by atoms with E-state index in [1.54, 1.807) is 30.5 Å². The molecule has 0 bridgehead atoms. The van der Waals surface area contributed by atoms with Crippen LogP contribution in [0.4, 0.5) is 10.1 Å². The van der Waals surface area contributed by atoms with Gasteiger partial charge in [-0.25, -0.2) is 4.39 Å². The van der Waals surface area contributed by atoms with Crippen molar-refractivity contribution in [2.24, 2.45) is 17.4 Å². The number of nitrogens with zero attached hydrogens (tertiary/aromatic N) is 1. The number of carbonyl (C=O) groups is 1. The molecule has 0 spiro atoms.